The van der Waals surface area contributed by atoms with Gasteiger partial charge in [-0.1, -0.05) is 38.1 Å². The number of nitrogens with zero attached hydrogens (tertiary/aromatic N) is 1. The molecule has 1 aromatic rings. The topological polar surface area (TPSA) is 20.3 Å². The second-order valence-corrected chi connectivity index (χ2v) is 6.78. The number of hydrogen-bond donors (Lipinski definition) is 0. The number of amides is 1. The van der Waals surface area contributed by atoms with E-state index >= 15 is 0 Å². The fourth-order valence-electron chi connectivity index (χ4n) is 2.93. The summed E-state index contributed by atoms with van der Waals surface area (Å²) in [5.41, 5.74) is 0. The van der Waals surface area contributed by atoms with Crippen molar-refractivity contribution in [3.05, 3.63) is 43.0 Å². The Hall–Kier alpha value is -1.22. The van der Waals surface area contributed by atoms with Crippen LogP contribution in [0.25, 0.3) is 0 Å². The van der Waals surface area contributed by atoms with Crippen LogP contribution in [0.15, 0.2) is 47.9 Å². The molecule has 1 fully saturated rings. The first-order valence-corrected chi connectivity index (χ1v) is 8.19. The number of carbonyl (C=O) groups is 1. The number of hydrogen-bond acceptors (Lipinski definition) is 2. The maximum atomic E-state index is 12.4. The Bertz CT molecular complexity index is 457. The molecule has 2 nitrogen and oxygen atoms in total. The van der Waals surface area contributed by atoms with Crippen molar-refractivity contribution in [2.24, 2.45) is 17.8 Å². The van der Waals surface area contributed by atoms with Crippen molar-refractivity contribution in [1.82, 2.24) is 4.90 Å². The summed E-state index contributed by atoms with van der Waals surface area (Å²) >= 11 is 1.86. The van der Waals surface area contributed by atoms with E-state index in [4.69, 9.17) is 0 Å². The second-order valence-electron chi connectivity index (χ2n) is 5.69. The van der Waals surface area contributed by atoms with Crippen molar-refractivity contribution in [2.75, 3.05) is 18.8 Å². The molecule has 1 aliphatic rings. The minimum atomic E-state index is 0.158. The van der Waals surface area contributed by atoms with Crippen molar-refractivity contribution in [1.29, 1.82) is 0 Å². The molecule has 0 N–H and O–H groups in total. The first-order valence-electron chi connectivity index (χ1n) is 7.21. The van der Waals surface area contributed by atoms with Crippen LogP contribution in [0.5, 0.6) is 0 Å². The molecule has 1 saturated heterocycles. The van der Waals surface area contributed by atoms with Gasteiger partial charge in [0.2, 0.25) is 5.91 Å². The molecule has 1 heterocycles. The largest absolute Gasteiger partial charge is 0.338 e. The van der Waals surface area contributed by atoms with Crippen molar-refractivity contribution < 1.29 is 4.79 Å². The van der Waals surface area contributed by atoms with E-state index in [1.807, 2.05) is 28.8 Å². The Morgan fingerprint density at radius 3 is 2.70 bits per heavy atom. The number of likely N-dealkylation sites (tertiary alicyclic amines) is 1. The zero-order chi connectivity index (χ0) is 14.5. The lowest BCUT2D eigenvalue weighted by Gasteiger charge is -2.19. The molecule has 1 aromatic carbocycles. The molecule has 108 valence electrons. The molecule has 20 heavy (non-hydrogen) atoms. The average Bonchev–Trinajstić information content (AvgIpc) is 2.75. The molecular formula is C17H23NOS. The van der Waals surface area contributed by atoms with Crippen LogP contribution in [0.1, 0.15) is 13.8 Å². The highest BCUT2D eigenvalue weighted by atomic mass is 32.2. The van der Waals surface area contributed by atoms with Crippen LogP contribution in [0.4, 0.5) is 0 Å². The molecule has 0 aliphatic carbocycles. The van der Waals surface area contributed by atoms with Gasteiger partial charge in [-0.15, -0.1) is 18.3 Å². The molecule has 0 saturated carbocycles. The minimum Gasteiger partial charge on any atom is -0.338 e. The van der Waals surface area contributed by atoms with E-state index in [2.05, 4.69) is 44.7 Å². The molecule has 0 radical (unpaired) electrons. The van der Waals surface area contributed by atoms with Crippen molar-refractivity contribution in [3.8, 4) is 0 Å². The third-order valence-electron chi connectivity index (χ3n) is 3.83. The van der Waals surface area contributed by atoms with E-state index in [1.165, 1.54) is 4.90 Å². The predicted octanol–water partition coefficient (Wildman–Crippen LogP) is 3.70. The lowest BCUT2D eigenvalue weighted by atomic mass is 9.87. The van der Waals surface area contributed by atoms with Crippen LogP contribution >= 0.6 is 11.8 Å². The van der Waals surface area contributed by atoms with Crippen molar-refractivity contribution in [3.63, 3.8) is 0 Å². The molecular weight excluding hydrogens is 266 g/mol. The molecule has 1 aliphatic heterocycles. The molecule has 2 atom stereocenters. The zero-order valence-electron chi connectivity index (χ0n) is 12.3. The number of rotatable bonds is 6. The van der Waals surface area contributed by atoms with Crippen LogP contribution in [-0.4, -0.2) is 29.6 Å². The van der Waals surface area contributed by atoms with Gasteiger partial charge in [0.1, 0.15) is 0 Å². The third kappa shape index (κ3) is 3.45. The summed E-state index contributed by atoms with van der Waals surface area (Å²) in [6.45, 7) is 9.60. The number of benzene rings is 1. The van der Waals surface area contributed by atoms with Gasteiger partial charge in [0, 0.05) is 29.7 Å². The molecule has 2 rings (SSSR count). The standard InChI is InChI=1S/C17H23NOS/c1-4-10-18-11-14(16(13(2)3)17(18)19)12-20-15-8-6-5-7-9-15/h4-9,13-14,16H,1,10-12H2,2-3H3/t14-,16-/m0/s1. The lowest BCUT2D eigenvalue weighted by molar-refractivity contribution is -0.131. The fourth-order valence-corrected chi connectivity index (χ4v) is 3.99. The van der Waals surface area contributed by atoms with Gasteiger partial charge >= 0.3 is 0 Å². The van der Waals surface area contributed by atoms with Crippen LogP contribution < -0.4 is 0 Å². The van der Waals surface area contributed by atoms with E-state index in [0.717, 1.165) is 12.3 Å². The lowest BCUT2D eigenvalue weighted by Crippen LogP contribution is -2.29. The van der Waals surface area contributed by atoms with E-state index < -0.39 is 0 Å². The van der Waals surface area contributed by atoms with Gasteiger partial charge in [-0.3, -0.25) is 4.79 Å². The fraction of sp³-hybridized carbons (Fsp3) is 0.471. The number of thioether (sulfide) groups is 1. The molecule has 0 aromatic heterocycles. The smallest absolute Gasteiger partial charge is 0.226 e. The van der Waals surface area contributed by atoms with E-state index in [9.17, 15) is 4.79 Å². The minimum absolute atomic E-state index is 0.158. The van der Waals surface area contributed by atoms with Crippen LogP contribution in [0.3, 0.4) is 0 Å². The van der Waals surface area contributed by atoms with Crippen molar-refractivity contribution in [2.45, 2.75) is 18.7 Å². The summed E-state index contributed by atoms with van der Waals surface area (Å²) in [4.78, 5) is 15.7. The normalized spacial score (nSPS) is 22.6. The molecule has 1 amide bonds. The maximum Gasteiger partial charge on any atom is 0.226 e. The highest BCUT2D eigenvalue weighted by Crippen LogP contribution is 2.34. The third-order valence-corrected chi connectivity index (χ3v) is 5.03. The monoisotopic (exact) mass is 289 g/mol. The van der Waals surface area contributed by atoms with Crippen LogP contribution in [0.2, 0.25) is 0 Å². The average molecular weight is 289 g/mol. The molecule has 0 bridgehead atoms. The Morgan fingerprint density at radius 2 is 2.10 bits per heavy atom. The number of carbonyl (C=O) groups excluding carboxylic acids is 1. The Labute approximate surface area is 126 Å². The Balaban J connectivity index is 2.01. The van der Waals surface area contributed by atoms with Gasteiger partial charge in [0.15, 0.2) is 0 Å². The van der Waals surface area contributed by atoms with E-state index in [-0.39, 0.29) is 5.92 Å². The van der Waals surface area contributed by atoms with Gasteiger partial charge in [-0.05, 0) is 24.0 Å². The SMILES string of the molecule is C=CCN1C[C@@H](CSc2ccccc2)[C@H](C(C)C)C1=O. The Kier molecular flexibility index (Phi) is 5.30. The predicted molar refractivity (Wildman–Crippen MR) is 85.8 cm³/mol. The van der Waals surface area contributed by atoms with Crippen LogP contribution in [0, 0.1) is 17.8 Å². The van der Waals surface area contributed by atoms with Gasteiger partial charge < -0.3 is 4.90 Å². The first-order chi connectivity index (χ1) is 9.63. The molecule has 0 unspecified atom stereocenters. The summed E-state index contributed by atoms with van der Waals surface area (Å²) in [7, 11) is 0. The maximum absolute atomic E-state index is 12.4. The quantitative estimate of drug-likeness (QED) is 0.588. The second kappa shape index (κ2) is 6.98. The summed E-state index contributed by atoms with van der Waals surface area (Å²) in [5.74, 6) is 2.31. The summed E-state index contributed by atoms with van der Waals surface area (Å²) in [5, 5.41) is 0. The molecule has 3 heteroatoms. The zero-order valence-corrected chi connectivity index (χ0v) is 13.1. The van der Waals surface area contributed by atoms with E-state index in [1.54, 1.807) is 0 Å². The summed E-state index contributed by atoms with van der Waals surface area (Å²) in [6, 6.07) is 10.4. The summed E-state index contributed by atoms with van der Waals surface area (Å²) in [6.07, 6.45) is 1.82. The first kappa shape index (κ1) is 15.2. The van der Waals surface area contributed by atoms with Gasteiger partial charge in [0.25, 0.3) is 0 Å². The van der Waals surface area contributed by atoms with Crippen molar-refractivity contribution >= 4 is 17.7 Å². The molecule has 0 spiro atoms. The highest BCUT2D eigenvalue weighted by Gasteiger charge is 2.41. The van der Waals surface area contributed by atoms with Gasteiger partial charge in [0.05, 0.1) is 0 Å². The van der Waals surface area contributed by atoms with Gasteiger partial charge in [-0.25, -0.2) is 0 Å². The van der Waals surface area contributed by atoms with E-state index in [0.29, 0.717) is 24.3 Å². The summed E-state index contributed by atoms with van der Waals surface area (Å²) < 4.78 is 0. The van der Waals surface area contributed by atoms with Gasteiger partial charge in [-0.2, -0.15) is 0 Å². The van der Waals surface area contributed by atoms with Crippen LogP contribution in [-0.2, 0) is 4.79 Å². The highest BCUT2D eigenvalue weighted by molar-refractivity contribution is 7.99. The Morgan fingerprint density at radius 1 is 1.40 bits per heavy atom.